The molecule has 7 heteroatoms. The lowest BCUT2D eigenvalue weighted by molar-refractivity contribution is -0.137. The summed E-state index contributed by atoms with van der Waals surface area (Å²) in [5.74, 6) is -0.292. The lowest BCUT2D eigenvalue weighted by atomic mass is 10.2. The van der Waals surface area contributed by atoms with E-state index < -0.39 is 0 Å². The van der Waals surface area contributed by atoms with Gasteiger partial charge < -0.3 is 19.9 Å². The van der Waals surface area contributed by atoms with Crippen molar-refractivity contribution in [3.63, 3.8) is 0 Å². The first-order valence-corrected chi connectivity index (χ1v) is 8.62. The van der Waals surface area contributed by atoms with E-state index in [2.05, 4.69) is 5.32 Å². The summed E-state index contributed by atoms with van der Waals surface area (Å²) in [7, 11) is 0. The van der Waals surface area contributed by atoms with Crippen LogP contribution in [0.4, 0.5) is 5.69 Å². The van der Waals surface area contributed by atoms with E-state index in [1.807, 2.05) is 6.92 Å². The highest BCUT2D eigenvalue weighted by atomic mass is 16.5. The number of morpholine rings is 1. The van der Waals surface area contributed by atoms with Crippen LogP contribution in [0.1, 0.15) is 30.1 Å². The van der Waals surface area contributed by atoms with Crippen molar-refractivity contribution in [3.8, 4) is 0 Å². The third-order valence-corrected chi connectivity index (χ3v) is 4.51. The zero-order chi connectivity index (χ0) is 17.8. The van der Waals surface area contributed by atoms with Gasteiger partial charge in [-0.25, -0.2) is 0 Å². The Morgan fingerprint density at radius 1 is 1.24 bits per heavy atom. The largest absolute Gasteiger partial charge is 0.375 e. The molecular weight excluding hydrogens is 322 g/mol. The normalized spacial score (nSPS) is 20.7. The van der Waals surface area contributed by atoms with Gasteiger partial charge in [0.2, 0.25) is 11.8 Å². The smallest absolute Gasteiger partial charge is 0.251 e. The van der Waals surface area contributed by atoms with E-state index >= 15 is 0 Å². The quantitative estimate of drug-likeness (QED) is 0.875. The zero-order valence-corrected chi connectivity index (χ0v) is 14.4. The summed E-state index contributed by atoms with van der Waals surface area (Å²) in [6.45, 7) is 4.24. The summed E-state index contributed by atoms with van der Waals surface area (Å²) in [5, 5.41) is 2.66. The fourth-order valence-electron chi connectivity index (χ4n) is 3.13. The third-order valence-electron chi connectivity index (χ3n) is 4.51. The third kappa shape index (κ3) is 4.17. The maximum atomic E-state index is 12.2. The molecular formula is C18H23N3O4. The molecule has 0 spiro atoms. The summed E-state index contributed by atoms with van der Waals surface area (Å²) in [4.78, 5) is 39.5. The molecule has 0 unspecified atom stereocenters. The Balaban J connectivity index is 1.52. The Morgan fingerprint density at radius 3 is 2.64 bits per heavy atom. The predicted molar refractivity (Wildman–Crippen MR) is 92.4 cm³/mol. The Labute approximate surface area is 146 Å². The van der Waals surface area contributed by atoms with E-state index in [1.165, 1.54) is 0 Å². The minimum atomic E-state index is -0.297. The molecule has 25 heavy (non-hydrogen) atoms. The number of hydrogen-bond donors (Lipinski definition) is 1. The Morgan fingerprint density at radius 2 is 2.00 bits per heavy atom. The number of carbonyl (C=O) groups excluding carboxylic acids is 3. The molecule has 134 valence electrons. The molecule has 1 aromatic rings. The predicted octanol–water partition coefficient (Wildman–Crippen LogP) is 0.790. The topological polar surface area (TPSA) is 79.0 Å². The number of benzene rings is 1. The molecule has 0 radical (unpaired) electrons. The second kappa shape index (κ2) is 7.65. The molecule has 0 aliphatic carbocycles. The van der Waals surface area contributed by atoms with Crippen LogP contribution in [-0.4, -0.2) is 61.5 Å². The molecule has 1 N–H and O–H groups in total. The van der Waals surface area contributed by atoms with Crippen molar-refractivity contribution in [2.75, 3.05) is 37.7 Å². The fourth-order valence-corrected chi connectivity index (χ4v) is 3.13. The standard InChI is InChI=1S/C18H23N3O4/c1-13-12-20(9-10-25-13)17(23)11-19-18(24)14-4-6-15(7-5-14)21-8-2-3-16(21)22/h4-7,13H,2-3,8-12H2,1H3,(H,19,24)/t13-/m1/s1. The van der Waals surface area contributed by atoms with Crippen LogP contribution in [0.25, 0.3) is 0 Å². The summed E-state index contributed by atoms with van der Waals surface area (Å²) < 4.78 is 5.40. The Bertz CT molecular complexity index is 659. The van der Waals surface area contributed by atoms with Gasteiger partial charge in [-0.05, 0) is 37.6 Å². The minimum absolute atomic E-state index is 0.0224. The molecule has 2 fully saturated rings. The van der Waals surface area contributed by atoms with Gasteiger partial charge in [-0.3, -0.25) is 14.4 Å². The summed E-state index contributed by atoms with van der Waals surface area (Å²) in [6, 6.07) is 6.89. The van der Waals surface area contributed by atoms with Gasteiger partial charge in [-0.1, -0.05) is 0 Å². The molecule has 2 saturated heterocycles. The van der Waals surface area contributed by atoms with Crippen molar-refractivity contribution in [2.24, 2.45) is 0 Å². The van der Waals surface area contributed by atoms with E-state index in [0.717, 1.165) is 18.7 Å². The Hall–Kier alpha value is -2.41. The van der Waals surface area contributed by atoms with E-state index in [9.17, 15) is 14.4 Å². The monoisotopic (exact) mass is 345 g/mol. The average Bonchev–Trinajstić information content (AvgIpc) is 3.05. The van der Waals surface area contributed by atoms with Gasteiger partial charge in [-0.2, -0.15) is 0 Å². The summed E-state index contributed by atoms with van der Waals surface area (Å²) in [6.07, 6.45) is 1.46. The molecule has 3 rings (SSSR count). The molecule has 2 heterocycles. The number of amides is 3. The van der Waals surface area contributed by atoms with Crippen LogP contribution in [-0.2, 0) is 14.3 Å². The van der Waals surface area contributed by atoms with Crippen LogP contribution in [0.15, 0.2) is 24.3 Å². The summed E-state index contributed by atoms with van der Waals surface area (Å²) >= 11 is 0. The lowest BCUT2D eigenvalue weighted by Crippen LogP contribution is -2.48. The highest BCUT2D eigenvalue weighted by molar-refractivity contribution is 5.98. The van der Waals surface area contributed by atoms with Crippen LogP contribution in [0, 0.1) is 0 Å². The highest BCUT2D eigenvalue weighted by Crippen LogP contribution is 2.21. The maximum Gasteiger partial charge on any atom is 0.251 e. The number of hydrogen-bond acceptors (Lipinski definition) is 4. The van der Waals surface area contributed by atoms with E-state index in [1.54, 1.807) is 34.1 Å². The van der Waals surface area contributed by atoms with Crippen molar-refractivity contribution in [1.29, 1.82) is 0 Å². The number of ether oxygens (including phenoxy) is 1. The molecule has 3 amide bonds. The van der Waals surface area contributed by atoms with Crippen molar-refractivity contribution >= 4 is 23.4 Å². The minimum Gasteiger partial charge on any atom is -0.375 e. The second-order valence-corrected chi connectivity index (χ2v) is 6.40. The first-order valence-electron chi connectivity index (χ1n) is 8.62. The Kier molecular flexibility index (Phi) is 5.33. The number of carbonyl (C=O) groups is 3. The SMILES string of the molecule is C[C@@H]1CN(C(=O)CNC(=O)c2ccc(N3CCCC3=O)cc2)CCO1. The number of nitrogens with zero attached hydrogens (tertiary/aromatic N) is 2. The molecule has 2 aliphatic rings. The zero-order valence-electron chi connectivity index (χ0n) is 14.4. The molecule has 1 atom stereocenters. The van der Waals surface area contributed by atoms with Crippen molar-refractivity contribution in [2.45, 2.75) is 25.9 Å². The van der Waals surface area contributed by atoms with Gasteiger partial charge >= 0.3 is 0 Å². The van der Waals surface area contributed by atoms with Crippen molar-refractivity contribution in [3.05, 3.63) is 29.8 Å². The molecule has 7 nitrogen and oxygen atoms in total. The number of anilines is 1. The van der Waals surface area contributed by atoms with Gasteiger partial charge in [0.15, 0.2) is 0 Å². The van der Waals surface area contributed by atoms with Gasteiger partial charge in [0.25, 0.3) is 5.91 Å². The maximum absolute atomic E-state index is 12.2. The number of rotatable bonds is 4. The fraction of sp³-hybridized carbons (Fsp3) is 0.500. The average molecular weight is 345 g/mol. The second-order valence-electron chi connectivity index (χ2n) is 6.40. The van der Waals surface area contributed by atoms with Gasteiger partial charge in [0.1, 0.15) is 0 Å². The van der Waals surface area contributed by atoms with Gasteiger partial charge in [0.05, 0.1) is 19.3 Å². The first kappa shape index (κ1) is 17.4. The van der Waals surface area contributed by atoms with Crippen LogP contribution in [0.3, 0.4) is 0 Å². The molecule has 0 saturated carbocycles. The van der Waals surface area contributed by atoms with Crippen molar-refractivity contribution < 1.29 is 19.1 Å². The van der Waals surface area contributed by atoms with Crippen LogP contribution in [0.2, 0.25) is 0 Å². The molecule has 0 bridgehead atoms. The van der Waals surface area contributed by atoms with E-state index in [0.29, 0.717) is 31.7 Å². The van der Waals surface area contributed by atoms with Crippen LogP contribution < -0.4 is 10.2 Å². The van der Waals surface area contributed by atoms with Gasteiger partial charge in [0, 0.05) is 37.3 Å². The van der Waals surface area contributed by atoms with E-state index in [4.69, 9.17) is 4.74 Å². The molecule has 2 aliphatic heterocycles. The molecule has 0 aromatic heterocycles. The lowest BCUT2D eigenvalue weighted by Gasteiger charge is -2.31. The van der Waals surface area contributed by atoms with Crippen LogP contribution >= 0.6 is 0 Å². The molecule has 1 aromatic carbocycles. The van der Waals surface area contributed by atoms with Crippen molar-refractivity contribution in [1.82, 2.24) is 10.2 Å². The van der Waals surface area contributed by atoms with Crippen LogP contribution in [0.5, 0.6) is 0 Å². The number of nitrogens with one attached hydrogen (secondary N) is 1. The highest BCUT2D eigenvalue weighted by Gasteiger charge is 2.23. The first-order chi connectivity index (χ1) is 12.0. The summed E-state index contributed by atoms with van der Waals surface area (Å²) in [5.41, 5.74) is 1.27. The van der Waals surface area contributed by atoms with Gasteiger partial charge in [-0.15, -0.1) is 0 Å². The van der Waals surface area contributed by atoms with E-state index in [-0.39, 0.29) is 30.4 Å².